The maximum Gasteiger partial charge on any atom is 0.146 e. The van der Waals surface area contributed by atoms with E-state index in [0.717, 1.165) is 19.3 Å². The van der Waals surface area contributed by atoms with Crippen LogP contribution in [0, 0.1) is 5.92 Å². The van der Waals surface area contributed by atoms with E-state index in [4.69, 9.17) is 19.3 Å². The molecule has 0 radical (unpaired) electrons. The van der Waals surface area contributed by atoms with Gasteiger partial charge in [0.25, 0.3) is 0 Å². The Balaban J connectivity index is 3.45. The molecule has 0 aromatic carbocycles. The topological polar surface area (TPSA) is 68.2 Å². The maximum atomic E-state index is 10.1. The highest BCUT2D eigenvalue weighted by Gasteiger charge is 2.19. The van der Waals surface area contributed by atoms with Crippen LogP contribution >= 0.6 is 0 Å². The molecule has 2 N–H and O–H groups in total. The normalized spacial score (nSPS) is 16.3. The molecule has 116 valence electrons. The second kappa shape index (κ2) is 11.6. The zero-order valence-corrected chi connectivity index (χ0v) is 12.6. The first-order valence-corrected chi connectivity index (χ1v) is 6.99. The summed E-state index contributed by atoms with van der Waals surface area (Å²) in [6, 6.07) is 0. The summed E-state index contributed by atoms with van der Waals surface area (Å²) in [4.78, 5) is 0. The summed E-state index contributed by atoms with van der Waals surface area (Å²) in [6.45, 7) is 5.84. The van der Waals surface area contributed by atoms with E-state index in [1.807, 2.05) is 13.8 Å². The second-order valence-corrected chi connectivity index (χ2v) is 5.35. The quantitative estimate of drug-likeness (QED) is 0.395. The Labute approximate surface area is 116 Å². The highest BCUT2D eigenvalue weighted by Crippen LogP contribution is 2.19. The van der Waals surface area contributed by atoms with Gasteiger partial charge in [-0.1, -0.05) is 13.3 Å². The Morgan fingerprint density at radius 1 is 1.11 bits per heavy atom. The molecule has 2 atom stereocenters. The van der Waals surface area contributed by atoms with Gasteiger partial charge in [0.2, 0.25) is 0 Å². The molecule has 0 bridgehead atoms. The van der Waals surface area contributed by atoms with E-state index in [1.54, 1.807) is 7.11 Å². The van der Waals surface area contributed by atoms with Gasteiger partial charge >= 0.3 is 0 Å². The Hall–Kier alpha value is -0.200. The lowest BCUT2D eigenvalue weighted by atomic mass is 9.93. The van der Waals surface area contributed by atoms with E-state index in [-0.39, 0.29) is 13.4 Å². The minimum Gasteiger partial charge on any atom is -0.396 e. The van der Waals surface area contributed by atoms with Gasteiger partial charge in [-0.25, -0.2) is 0 Å². The molecule has 5 heteroatoms. The average Bonchev–Trinajstić information content (AvgIpc) is 2.37. The van der Waals surface area contributed by atoms with Crippen LogP contribution in [0.3, 0.4) is 0 Å². The number of hydrogen-bond acceptors (Lipinski definition) is 5. The summed E-state index contributed by atoms with van der Waals surface area (Å²) in [6.07, 6.45) is 3.17. The third kappa shape index (κ3) is 12.6. The monoisotopic (exact) mass is 278 g/mol. The van der Waals surface area contributed by atoms with Crippen LogP contribution < -0.4 is 0 Å². The summed E-state index contributed by atoms with van der Waals surface area (Å²) in [5.74, 6) is 0.307. The average molecular weight is 278 g/mol. The minimum atomic E-state index is -0.707. The summed E-state index contributed by atoms with van der Waals surface area (Å²) in [5, 5.41) is 19.1. The van der Waals surface area contributed by atoms with Crippen molar-refractivity contribution >= 4 is 0 Å². The number of hydrogen-bond donors (Lipinski definition) is 2. The zero-order chi connectivity index (χ0) is 14.6. The van der Waals surface area contributed by atoms with Crippen LogP contribution in [0.15, 0.2) is 0 Å². The molecule has 19 heavy (non-hydrogen) atoms. The number of aliphatic hydroxyl groups is 2. The van der Waals surface area contributed by atoms with Crippen LogP contribution in [0.2, 0.25) is 0 Å². The fourth-order valence-corrected chi connectivity index (χ4v) is 1.66. The van der Waals surface area contributed by atoms with Gasteiger partial charge in [-0.2, -0.15) is 0 Å². The van der Waals surface area contributed by atoms with Crippen LogP contribution in [0.5, 0.6) is 0 Å². The molecule has 5 nitrogen and oxygen atoms in total. The molecule has 0 saturated carbocycles. The molecule has 0 rings (SSSR count). The van der Waals surface area contributed by atoms with E-state index < -0.39 is 5.60 Å². The van der Waals surface area contributed by atoms with Gasteiger partial charge in [0.15, 0.2) is 0 Å². The predicted molar refractivity (Wildman–Crippen MR) is 74.0 cm³/mol. The van der Waals surface area contributed by atoms with Gasteiger partial charge < -0.3 is 24.4 Å². The number of aliphatic hydroxyl groups excluding tert-OH is 1. The first kappa shape index (κ1) is 18.8. The first-order chi connectivity index (χ1) is 9.02. The molecule has 0 unspecified atom stereocenters. The SMILES string of the molecule is COCCOCOCC[C@@](C)(O)CCC[C@@H](C)CO. The molecule has 0 aliphatic carbocycles. The molecular weight excluding hydrogens is 248 g/mol. The standard InChI is InChI=1S/C14H30O5/c1-13(11-15)5-4-6-14(2,16)7-8-18-12-19-10-9-17-3/h13,15-16H,4-12H2,1-3H3/t13-,14+/m1/s1. The van der Waals surface area contributed by atoms with Gasteiger partial charge in [-0.15, -0.1) is 0 Å². The first-order valence-electron chi connectivity index (χ1n) is 6.99. The van der Waals surface area contributed by atoms with Crippen molar-refractivity contribution in [1.82, 2.24) is 0 Å². The maximum absolute atomic E-state index is 10.1. The predicted octanol–water partition coefficient (Wildman–Crippen LogP) is 1.56. The zero-order valence-electron chi connectivity index (χ0n) is 12.6. The highest BCUT2D eigenvalue weighted by molar-refractivity contribution is 4.72. The second-order valence-electron chi connectivity index (χ2n) is 5.35. The van der Waals surface area contributed by atoms with Crippen LogP contribution in [-0.2, 0) is 14.2 Å². The van der Waals surface area contributed by atoms with E-state index in [9.17, 15) is 5.11 Å². The van der Waals surface area contributed by atoms with Crippen molar-refractivity contribution in [2.24, 2.45) is 5.92 Å². The summed E-state index contributed by atoms with van der Waals surface area (Å²) >= 11 is 0. The number of methoxy groups -OCH3 is 1. The molecule has 0 fully saturated rings. The molecule has 0 heterocycles. The third-order valence-electron chi connectivity index (χ3n) is 3.11. The van der Waals surface area contributed by atoms with Crippen LogP contribution in [0.4, 0.5) is 0 Å². The van der Waals surface area contributed by atoms with Crippen LogP contribution in [-0.4, -0.2) is 56.1 Å². The van der Waals surface area contributed by atoms with Crippen molar-refractivity contribution in [3.05, 3.63) is 0 Å². The summed E-state index contributed by atoms with van der Waals surface area (Å²) in [7, 11) is 1.62. The lowest BCUT2D eigenvalue weighted by molar-refractivity contribution is -0.0810. The van der Waals surface area contributed by atoms with Crippen molar-refractivity contribution in [1.29, 1.82) is 0 Å². The van der Waals surface area contributed by atoms with Gasteiger partial charge in [0.05, 0.1) is 25.4 Å². The van der Waals surface area contributed by atoms with Crippen molar-refractivity contribution < 1.29 is 24.4 Å². The summed E-state index contributed by atoms with van der Waals surface area (Å²) in [5.41, 5.74) is -0.707. The largest absolute Gasteiger partial charge is 0.396 e. The Morgan fingerprint density at radius 3 is 2.42 bits per heavy atom. The van der Waals surface area contributed by atoms with Crippen molar-refractivity contribution in [3.63, 3.8) is 0 Å². The molecule has 0 aromatic rings. The summed E-state index contributed by atoms with van der Waals surface area (Å²) < 4.78 is 15.3. The molecule has 0 amide bonds. The Morgan fingerprint density at radius 2 is 1.79 bits per heavy atom. The Kier molecular flexibility index (Phi) is 11.5. The number of rotatable bonds is 13. The van der Waals surface area contributed by atoms with E-state index in [0.29, 0.717) is 32.2 Å². The van der Waals surface area contributed by atoms with Gasteiger partial charge in [-0.05, 0) is 32.1 Å². The van der Waals surface area contributed by atoms with Crippen LogP contribution in [0.25, 0.3) is 0 Å². The molecular formula is C14H30O5. The molecule has 0 aliphatic rings. The van der Waals surface area contributed by atoms with Crippen LogP contribution in [0.1, 0.15) is 39.5 Å². The van der Waals surface area contributed by atoms with Gasteiger partial charge in [0, 0.05) is 13.7 Å². The molecule has 0 aliphatic heterocycles. The van der Waals surface area contributed by atoms with Crippen molar-refractivity contribution in [2.75, 3.05) is 40.3 Å². The smallest absolute Gasteiger partial charge is 0.146 e. The van der Waals surface area contributed by atoms with Crippen molar-refractivity contribution in [2.45, 2.75) is 45.1 Å². The minimum absolute atomic E-state index is 0.212. The van der Waals surface area contributed by atoms with Crippen molar-refractivity contribution in [3.8, 4) is 0 Å². The van der Waals surface area contributed by atoms with E-state index in [1.165, 1.54) is 0 Å². The lowest BCUT2D eigenvalue weighted by Crippen LogP contribution is -2.26. The molecule has 0 saturated heterocycles. The fourth-order valence-electron chi connectivity index (χ4n) is 1.66. The molecule has 0 aromatic heterocycles. The molecule has 0 spiro atoms. The fraction of sp³-hybridized carbons (Fsp3) is 1.00. The Bertz CT molecular complexity index is 196. The highest BCUT2D eigenvalue weighted by atomic mass is 16.7. The van der Waals surface area contributed by atoms with Gasteiger partial charge in [-0.3, -0.25) is 0 Å². The number of ether oxygens (including phenoxy) is 3. The van der Waals surface area contributed by atoms with Gasteiger partial charge in [0.1, 0.15) is 6.79 Å². The lowest BCUT2D eigenvalue weighted by Gasteiger charge is -2.23. The third-order valence-corrected chi connectivity index (χ3v) is 3.11. The van der Waals surface area contributed by atoms with E-state index >= 15 is 0 Å². The van der Waals surface area contributed by atoms with E-state index in [2.05, 4.69) is 0 Å².